The zero-order valence-electron chi connectivity index (χ0n) is 15.1. The zero-order chi connectivity index (χ0) is 18.8. The molecule has 1 atom stereocenters. The molecule has 27 heavy (non-hydrogen) atoms. The Morgan fingerprint density at radius 1 is 1.11 bits per heavy atom. The molecule has 2 amide bonds. The van der Waals surface area contributed by atoms with Gasteiger partial charge in [0.05, 0.1) is 6.04 Å². The Morgan fingerprint density at radius 3 is 2.70 bits per heavy atom. The first kappa shape index (κ1) is 17.5. The van der Waals surface area contributed by atoms with E-state index >= 15 is 0 Å². The van der Waals surface area contributed by atoms with Crippen molar-refractivity contribution in [3.8, 4) is 0 Å². The van der Waals surface area contributed by atoms with Gasteiger partial charge in [0.1, 0.15) is 0 Å². The lowest BCUT2D eigenvalue weighted by molar-refractivity contribution is 0.102. The molecular weight excluding hydrogens is 342 g/mol. The fourth-order valence-electron chi connectivity index (χ4n) is 3.96. The van der Waals surface area contributed by atoms with Crippen LogP contribution in [0.15, 0.2) is 42.5 Å². The molecule has 0 radical (unpaired) electrons. The van der Waals surface area contributed by atoms with E-state index < -0.39 is 6.09 Å². The molecule has 0 aromatic heterocycles. The molecule has 2 aliphatic heterocycles. The third-order valence-corrected chi connectivity index (χ3v) is 5.41. The van der Waals surface area contributed by atoms with Gasteiger partial charge in [-0.1, -0.05) is 18.2 Å². The standard InChI is InChI=1S/C21H23N3O3/c25-20(23-18-8-7-14-9-10-22-13-17(14)12-18)16-5-3-15(4-6-16)19-2-1-11-24(19)21(26)27/h3-8,12,19,22H,1-2,9-11,13H2,(H,23,25)(H,26,27). The third kappa shape index (κ3) is 3.66. The second-order valence-corrected chi connectivity index (χ2v) is 7.12. The van der Waals surface area contributed by atoms with Crippen molar-refractivity contribution in [2.24, 2.45) is 0 Å². The van der Waals surface area contributed by atoms with Gasteiger partial charge in [0.15, 0.2) is 0 Å². The predicted molar refractivity (Wildman–Crippen MR) is 103 cm³/mol. The summed E-state index contributed by atoms with van der Waals surface area (Å²) < 4.78 is 0. The van der Waals surface area contributed by atoms with Gasteiger partial charge in [-0.05, 0) is 66.8 Å². The molecule has 6 heteroatoms. The van der Waals surface area contributed by atoms with Crippen molar-refractivity contribution in [1.82, 2.24) is 10.2 Å². The van der Waals surface area contributed by atoms with Gasteiger partial charge in [0.2, 0.25) is 0 Å². The minimum atomic E-state index is -0.888. The van der Waals surface area contributed by atoms with Crippen molar-refractivity contribution in [2.75, 3.05) is 18.4 Å². The van der Waals surface area contributed by atoms with Crippen molar-refractivity contribution in [3.63, 3.8) is 0 Å². The number of hydrogen-bond acceptors (Lipinski definition) is 3. The summed E-state index contributed by atoms with van der Waals surface area (Å²) in [4.78, 5) is 25.3. The van der Waals surface area contributed by atoms with Crippen molar-refractivity contribution < 1.29 is 14.7 Å². The maximum absolute atomic E-state index is 12.6. The first-order valence-electron chi connectivity index (χ1n) is 9.35. The van der Waals surface area contributed by atoms with Crippen LogP contribution in [0, 0.1) is 0 Å². The lowest BCUT2D eigenvalue weighted by Gasteiger charge is -2.22. The molecule has 3 N–H and O–H groups in total. The highest BCUT2D eigenvalue weighted by atomic mass is 16.4. The van der Waals surface area contributed by atoms with Crippen LogP contribution >= 0.6 is 0 Å². The number of carbonyl (C=O) groups is 2. The van der Waals surface area contributed by atoms with Gasteiger partial charge in [0.25, 0.3) is 5.91 Å². The lowest BCUT2D eigenvalue weighted by atomic mass is 10.00. The second kappa shape index (κ2) is 7.40. The van der Waals surface area contributed by atoms with Crippen LogP contribution in [0.1, 0.15) is 45.9 Å². The molecule has 2 aliphatic rings. The number of carboxylic acid groups (broad SMARTS) is 1. The Bertz CT molecular complexity index is 863. The molecule has 1 fully saturated rings. The molecule has 0 aliphatic carbocycles. The first-order chi connectivity index (χ1) is 13.1. The van der Waals surface area contributed by atoms with E-state index in [9.17, 15) is 14.7 Å². The molecule has 140 valence electrons. The number of carbonyl (C=O) groups excluding carboxylic acids is 1. The van der Waals surface area contributed by atoms with Gasteiger partial charge < -0.3 is 20.6 Å². The van der Waals surface area contributed by atoms with Gasteiger partial charge in [-0.25, -0.2) is 4.79 Å². The molecule has 0 spiro atoms. The summed E-state index contributed by atoms with van der Waals surface area (Å²) in [5.74, 6) is -0.160. The zero-order valence-corrected chi connectivity index (χ0v) is 15.1. The average Bonchev–Trinajstić information content (AvgIpc) is 3.18. The van der Waals surface area contributed by atoms with E-state index in [2.05, 4.69) is 16.7 Å². The fraction of sp³-hybridized carbons (Fsp3) is 0.333. The summed E-state index contributed by atoms with van der Waals surface area (Å²) in [6.07, 6.45) is 1.81. The summed E-state index contributed by atoms with van der Waals surface area (Å²) >= 11 is 0. The van der Waals surface area contributed by atoms with Crippen molar-refractivity contribution in [1.29, 1.82) is 0 Å². The number of nitrogens with one attached hydrogen (secondary N) is 2. The van der Waals surface area contributed by atoms with Crippen LogP contribution in [0.3, 0.4) is 0 Å². The quantitative estimate of drug-likeness (QED) is 0.779. The molecular formula is C21H23N3O3. The van der Waals surface area contributed by atoms with Gasteiger partial charge >= 0.3 is 6.09 Å². The molecule has 6 nitrogen and oxygen atoms in total. The highest BCUT2D eigenvalue weighted by molar-refractivity contribution is 6.04. The normalized spacial score (nSPS) is 18.8. The van der Waals surface area contributed by atoms with Crippen molar-refractivity contribution in [2.45, 2.75) is 31.8 Å². The van der Waals surface area contributed by atoms with E-state index in [1.165, 1.54) is 16.0 Å². The topological polar surface area (TPSA) is 81.7 Å². The minimum absolute atomic E-state index is 0.118. The van der Waals surface area contributed by atoms with Crippen molar-refractivity contribution in [3.05, 3.63) is 64.7 Å². The van der Waals surface area contributed by atoms with Crippen LogP contribution in [-0.2, 0) is 13.0 Å². The Labute approximate surface area is 158 Å². The van der Waals surface area contributed by atoms with E-state index in [1.54, 1.807) is 12.1 Å². The van der Waals surface area contributed by atoms with Crippen molar-refractivity contribution >= 4 is 17.7 Å². The fourth-order valence-corrected chi connectivity index (χ4v) is 3.96. The van der Waals surface area contributed by atoms with E-state index in [1.807, 2.05) is 24.3 Å². The van der Waals surface area contributed by atoms with Crippen LogP contribution in [0.2, 0.25) is 0 Å². The number of fused-ring (bicyclic) bond motifs is 1. The van der Waals surface area contributed by atoms with Crippen LogP contribution in [0.5, 0.6) is 0 Å². The molecule has 2 aromatic carbocycles. The summed E-state index contributed by atoms with van der Waals surface area (Å²) in [7, 11) is 0. The summed E-state index contributed by atoms with van der Waals surface area (Å²) in [5, 5.41) is 15.6. The Balaban J connectivity index is 1.46. The Morgan fingerprint density at radius 2 is 1.93 bits per heavy atom. The van der Waals surface area contributed by atoms with Gasteiger partial charge in [-0.3, -0.25) is 4.79 Å². The SMILES string of the molecule is O=C(Nc1ccc2c(c1)CNCC2)c1ccc(C2CCCN2C(=O)O)cc1. The first-order valence-corrected chi connectivity index (χ1v) is 9.35. The molecule has 2 aromatic rings. The molecule has 0 bridgehead atoms. The van der Waals surface area contributed by atoms with Gasteiger partial charge in [-0.15, -0.1) is 0 Å². The maximum atomic E-state index is 12.6. The smallest absolute Gasteiger partial charge is 0.407 e. The van der Waals surface area contributed by atoms with E-state index in [4.69, 9.17) is 0 Å². The van der Waals surface area contributed by atoms with Gasteiger partial charge in [-0.2, -0.15) is 0 Å². The molecule has 1 unspecified atom stereocenters. The number of nitrogens with zero attached hydrogens (tertiary/aromatic N) is 1. The molecule has 1 saturated heterocycles. The number of benzene rings is 2. The van der Waals surface area contributed by atoms with Crippen LogP contribution < -0.4 is 10.6 Å². The van der Waals surface area contributed by atoms with E-state index in [0.29, 0.717) is 12.1 Å². The number of amides is 2. The third-order valence-electron chi connectivity index (χ3n) is 5.41. The summed E-state index contributed by atoms with van der Waals surface area (Å²) in [6.45, 7) is 2.38. The largest absolute Gasteiger partial charge is 0.465 e. The number of anilines is 1. The highest BCUT2D eigenvalue weighted by Crippen LogP contribution is 2.32. The van der Waals surface area contributed by atoms with E-state index in [0.717, 1.165) is 43.6 Å². The monoisotopic (exact) mass is 365 g/mol. The Hall–Kier alpha value is -2.86. The average molecular weight is 365 g/mol. The Kier molecular flexibility index (Phi) is 4.81. The van der Waals surface area contributed by atoms with Gasteiger partial charge in [0, 0.05) is 24.3 Å². The molecule has 2 heterocycles. The summed E-state index contributed by atoms with van der Waals surface area (Å²) in [5.41, 5.74) is 4.85. The van der Waals surface area contributed by atoms with Crippen LogP contribution in [0.25, 0.3) is 0 Å². The maximum Gasteiger partial charge on any atom is 0.407 e. The summed E-state index contributed by atoms with van der Waals surface area (Å²) in [6, 6.07) is 13.2. The number of likely N-dealkylation sites (tertiary alicyclic amines) is 1. The lowest BCUT2D eigenvalue weighted by Crippen LogP contribution is -2.28. The van der Waals surface area contributed by atoms with Crippen LogP contribution in [-0.4, -0.2) is 35.1 Å². The predicted octanol–water partition coefficient (Wildman–Crippen LogP) is 3.40. The van der Waals surface area contributed by atoms with Crippen LogP contribution in [0.4, 0.5) is 10.5 Å². The highest BCUT2D eigenvalue weighted by Gasteiger charge is 2.29. The second-order valence-electron chi connectivity index (χ2n) is 7.12. The number of rotatable bonds is 3. The number of hydrogen-bond donors (Lipinski definition) is 3. The molecule has 4 rings (SSSR count). The molecule has 0 saturated carbocycles. The minimum Gasteiger partial charge on any atom is -0.465 e. The van der Waals surface area contributed by atoms with E-state index in [-0.39, 0.29) is 11.9 Å².